The van der Waals surface area contributed by atoms with Crippen molar-refractivity contribution in [1.82, 2.24) is 9.62 Å². The van der Waals surface area contributed by atoms with Crippen LogP contribution in [0.25, 0.3) is 0 Å². The number of hydrogen-bond acceptors (Lipinski definition) is 6. The number of alkyl halides is 1. The van der Waals surface area contributed by atoms with Crippen molar-refractivity contribution >= 4 is 39.1 Å². The molecule has 2 aliphatic carbocycles. The van der Waals surface area contributed by atoms with Gasteiger partial charge in [0, 0.05) is 37.0 Å². The lowest BCUT2D eigenvalue weighted by Crippen LogP contribution is -2.38. The molecule has 224 valence electrons. The van der Waals surface area contributed by atoms with E-state index in [4.69, 9.17) is 28.3 Å². The number of carbonyl (C=O) groups excluding carboxylic acids is 1. The lowest BCUT2D eigenvalue weighted by Gasteiger charge is -2.28. The third-order valence-electron chi connectivity index (χ3n) is 6.92. The number of nitrogens with one attached hydrogen (secondary N) is 1. The van der Waals surface area contributed by atoms with E-state index in [0.717, 1.165) is 9.87 Å². The van der Waals surface area contributed by atoms with Gasteiger partial charge in [0.15, 0.2) is 0 Å². The van der Waals surface area contributed by atoms with Crippen molar-refractivity contribution in [3.05, 3.63) is 117 Å². The summed E-state index contributed by atoms with van der Waals surface area (Å²) in [5.74, 6) is -2.09. The summed E-state index contributed by atoms with van der Waals surface area (Å²) in [5, 5.41) is 31.6. The molecular weight excluding hydrogens is 606 g/mol. The zero-order valence-corrected chi connectivity index (χ0v) is 24.8. The summed E-state index contributed by atoms with van der Waals surface area (Å²) in [7, 11) is -4.42. The van der Waals surface area contributed by atoms with Crippen LogP contribution in [0.5, 0.6) is 0 Å². The minimum atomic E-state index is -4.42. The SMILES string of the molecule is O=C(NCC(O)CO)C1=CC(Cl)CC(S(=O)(=O)N(CC2=CC(c3ccc(Cl)cc3)CC=C2)Cc2ccc(F)cc2)=C1O. The van der Waals surface area contributed by atoms with Crippen LogP contribution in [0, 0.1) is 5.82 Å². The Labute approximate surface area is 254 Å². The van der Waals surface area contributed by atoms with Crippen LogP contribution in [0.3, 0.4) is 0 Å². The minimum Gasteiger partial charge on any atom is -0.506 e. The highest BCUT2D eigenvalue weighted by molar-refractivity contribution is 7.93. The fourth-order valence-electron chi connectivity index (χ4n) is 4.70. The van der Waals surface area contributed by atoms with Gasteiger partial charge in [-0.1, -0.05) is 54.1 Å². The molecule has 42 heavy (non-hydrogen) atoms. The molecule has 4 rings (SSSR count). The zero-order chi connectivity index (χ0) is 30.4. The van der Waals surface area contributed by atoms with Crippen molar-refractivity contribution in [2.24, 2.45) is 0 Å². The molecule has 0 spiro atoms. The number of aliphatic hydroxyl groups excluding tert-OH is 3. The van der Waals surface area contributed by atoms with E-state index in [1.165, 1.54) is 30.3 Å². The van der Waals surface area contributed by atoms with Crippen LogP contribution in [0.4, 0.5) is 4.39 Å². The molecule has 2 aromatic carbocycles. The maximum atomic E-state index is 14.1. The molecule has 0 heterocycles. The molecule has 0 aliphatic heterocycles. The molecule has 3 unspecified atom stereocenters. The highest BCUT2D eigenvalue weighted by Gasteiger charge is 2.36. The highest BCUT2D eigenvalue weighted by Crippen LogP contribution is 2.34. The van der Waals surface area contributed by atoms with Crippen LogP contribution in [-0.4, -0.2) is 65.1 Å². The average Bonchev–Trinajstić information content (AvgIpc) is 2.97. The van der Waals surface area contributed by atoms with Gasteiger partial charge in [0.05, 0.1) is 23.7 Å². The van der Waals surface area contributed by atoms with E-state index in [-0.39, 0.29) is 37.5 Å². The first-order valence-electron chi connectivity index (χ1n) is 13.2. The highest BCUT2D eigenvalue weighted by atomic mass is 35.5. The first-order chi connectivity index (χ1) is 20.0. The smallest absolute Gasteiger partial charge is 0.254 e. The third-order valence-corrected chi connectivity index (χ3v) is 9.37. The Morgan fingerprint density at radius 2 is 1.79 bits per heavy atom. The average molecular weight is 638 g/mol. The molecule has 3 atom stereocenters. The summed E-state index contributed by atoms with van der Waals surface area (Å²) in [6.07, 6.45) is 6.21. The van der Waals surface area contributed by atoms with Crippen molar-refractivity contribution in [2.75, 3.05) is 19.7 Å². The standard InChI is InChI=1S/C30H31Cl2FN2O6S/c31-23-8-6-21(7-9-23)22-3-1-2-20(12-22)17-35(16-19-4-10-25(33)11-5-19)42(40,41)28-14-24(32)13-27(29(28)38)30(39)34-15-26(37)18-36/h1-2,4-13,22,24,26,36-38H,3,14-18H2,(H,34,39). The lowest BCUT2D eigenvalue weighted by atomic mass is 9.89. The molecule has 0 aromatic heterocycles. The van der Waals surface area contributed by atoms with E-state index in [0.29, 0.717) is 22.6 Å². The molecule has 2 aromatic rings. The number of halogens is 3. The second-order valence-electron chi connectivity index (χ2n) is 10.1. The number of aliphatic hydroxyl groups is 3. The van der Waals surface area contributed by atoms with Crippen LogP contribution in [0.2, 0.25) is 5.02 Å². The molecule has 0 fully saturated rings. The van der Waals surface area contributed by atoms with E-state index in [1.807, 2.05) is 30.4 Å². The summed E-state index contributed by atoms with van der Waals surface area (Å²) >= 11 is 12.4. The second kappa shape index (κ2) is 14.0. The molecule has 0 bridgehead atoms. The normalized spacial score (nSPS) is 19.9. The Morgan fingerprint density at radius 3 is 2.45 bits per heavy atom. The number of rotatable bonds is 11. The van der Waals surface area contributed by atoms with Gasteiger partial charge in [-0.05, 0) is 53.5 Å². The number of benzene rings is 2. The van der Waals surface area contributed by atoms with Crippen LogP contribution >= 0.6 is 23.2 Å². The zero-order valence-electron chi connectivity index (χ0n) is 22.5. The number of sulfonamides is 1. The maximum absolute atomic E-state index is 14.1. The Morgan fingerprint density at radius 1 is 1.10 bits per heavy atom. The largest absolute Gasteiger partial charge is 0.506 e. The first-order valence-corrected chi connectivity index (χ1v) is 15.5. The van der Waals surface area contributed by atoms with Crippen molar-refractivity contribution in [1.29, 1.82) is 0 Å². The summed E-state index contributed by atoms with van der Waals surface area (Å²) in [6, 6.07) is 12.8. The monoisotopic (exact) mass is 636 g/mol. The molecule has 2 aliphatic rings. The Hall–Kier alpha value is -2.99. The predicted molar refractivity (Wildman–Crippen MR) is 160 cm³/mol. The molecule has 0 saturated heterocycles. The van der Waals surface area contributed by atoms with E-state index < -0.39 is 50.5 Å². The molecule has 8 nitrogen and oxygen atoms in total. The van der Waals surface area contributed by atoms with Crippen LogP contribution in [-0.2, 0) is 21.4 Å². The van der Waals surface area contributed by atoms with Gasteiger partial charge in [-0.15, -0.1) is 11.6 Å². The van der Waals surface area contributed by atoms with Gasteiger partial charge in [-0.2, -0.15) is 4.31 Å². The maximum Gasteiger partial charge on any atom is 0.254 e. The third kappa shape index (κ3) is 7.89. The fourth-order valence-corrected chi connectivity index (χ4v) is 6.89. The number of hydrogen-bond donors (Lipinski definition) is 4. The Balaban J connectivity index is 1.68. The van der Waals surface area contributed by atoms with Crippen LogP contribution in [0.15, 0.2) is 94.6 Å². The van der Waals surface area contributed by atoms with Crippen LogP contribution < -0.4 is 5.32 Å². The van der Waals surface area contributed by atoms with Crippen LogP contribution in [0.1, 0.15) is 29.9 Å². The van der Waals surface area contributed by atoms with E-state index in [9.17, 15) is 27.8 Å². The fraction of sp³-hybridized carbons (Fsp3) is 0.300. The molecule has 12 heteroatoms. The van der Waals surface area contributed by atoms with Gasteiger partial charge in [-0.25, -0.2) is 12.8 Å². The molecule has 0 saturated carbocycles. The predicted octanol–water partition coefficient (Wildman–Crippen LogP) is 4.46. The topological polar surface area (TPSA) is 127 Å². The van der Waals surface area contributed by atoms with Gasteiger partial charge in [0.1, 0.15) is 16.5 Å². The summed E-state index contributed by atoms with van der Waals surface area (Å²) in [6.45, 7) is -1.13. The van der Waals surface area contributed by atoms with Crippen molar-refractivity contribution in [2.45, 2.75) is 36.8 Å². The first kappa shape index (κ1) is 31.9. The quantitative estimate of drug-likeness (QED) is 0.270. The number of nitrogens with zero attached hydrogens (tertiary/aromatic N) is 1. The molecule has 0 radical (unpaired) electrons. The number of carbonyl (C=O) groups is 1. The number of amides is 1. The van der Waals surface area contributed by atoms with Crippen molar-refractivity contribution in [3.63, 3.8) is 0 Å². The van der Waals surface area contributed by atoms with Gasteiger partial charge in [0.25, 0.3) is 5.91 Å². The van der Waals surface area contributed by atoms with E-state index >= 15 is 0 Å². The molecule has 4 N–H and O–H groups in total. The summed E-state index contributed by atoms with van der Waals surface area (Å²) < 4.78 is 43.0. The van der Waals surface area contributed by atoms with Gasteiger partial charge in [-0.3, -0.25) is 4.79 Å². The number of allylic oxidation sites excluding steroid dienone is 4. The van der Waals surface area contributed by atoms with E-state index in [2.05, 4.69) is 5.32 Å². The summed E-state index contributed by atoms with van der Waals surface area (Å²) in [5.41, 5.74) is 1.88. The van der Waals surface area contributed by atoms with Gasteiger partial charge >= 0.3 is 0 Å². The van der Waals surface area contributed by atoms with E-state index in [1.54, 1.807) is 12.1 Å². The Kier molecular flexibility index (Phi) is 10.6. The second-order valence-corrected chi connectivity index (χ2v) is 13.0. The van der Waals surface area contributed by atoms with Gasteiger partial charge < -0.3 is 20.6 Å². The van der Waals surface area contributed by atoms with Crippen molar-refractivity contribution in [3.8, 4) is 0 Å². The Bertz CT molecular complexity index is 1520. The summed E-state index contributed by atoms with van der Waals surface area (Å²) in [4.78, 5) is 12.3. The molecular formula is C30H31Cl2FN2O6S. The minimum absolute atomic E-state index is 0.0142. The lowest BCUT2D eigenvalue weighted by molar-refractivity contribution is -0.118. The molecule has 1 amide bonds. The van der Waals surface area contributed by atoms with Crippen molar-refractivity contribution < 1.29 is 32.9 Å². The van der Waals surface area contributed by atoms with Gasteiger partial charge in [0.2, 0.25) is 10.0 Å².